The second-order valence-electron chi connectivity index (χ2n) is 8.08. The van der Waals surface area contributed by atoms with E-state index >= 15 is 0 Å². The number of piperidine rings is 1. The molecule has 3 heterocycles. The van der Waals surface area contributed by atoms with Crippen LogP contribution >= 0.6 is 0 Å². The highest BCUT2D eigenvalue weighted by Crippen LogP contribution is 2.41. The van der Waals surface area contributed by atoms with Crippen molar-refractivity contribution in [2.24, 2.45) is 11.8 Å². The number of benzene rings is 1. The predicted molar refractivity (Wildman–Crippen MR) is 119 cm³/mol. The number of H-pyrrole nitrogens is 1. The average molecular weight is 466 g/mol. The molecule has 34 heavy (non-hydrogen) atoms. The smallest absolute Gasteiger partial charge is 0.310 e. The van der Waals surface area contributed by atoms with Gasteiger partial charge >= 0.3 is 5.97 Å². The van der Waals surface area contributed by atoms with Crippen molar-refractivity contribution in [3.05, 3.63) is 55.9 Å². The third-order valence-electron chi connectivity index (χ3n) is 6.06. The number of rotatable bonds is 5. The molecule has 1 aromatic carbocycles. The van der Waals surface area contributed by atoms with Gasteiger partial charge in [-0.1, -0.05) is 18.2 Å². The second-order valence-corrected chi connectivity index (χ2v) is 8.08. The Bertz CT molecular complexity index is 1250. The van der Waals surface area contributed by atoms with Crippen LogP contribution in [0, 0.1) is 33.3 Å². The van der Waals surface area contributed by atoms with Gasteiger partial charge in [-0.3, -0.25) is 29.5 Å². The van der Waals surface area contributed by atoms with Crippen LogP contribution in [0.3, 0.4) is 0 Å². The highest BCUT2D eigenvalue weighted by molar-refractivity contribution is 5.98. The van der Waals surface area contributed by atoms with Crippen LogP contribution in [0.5, 0.6) is 0 Å². The number of hydrogen-bond donors (Lipinski definition) is 2. The van der Waals surface area contributed by atoms with E-state index in [4.69, 9.17) is 4.74 Å². The molecule has 12 heteroatoms. The van der Waals surface area contributed by atoms with Crippen LogP contribution < -0.4 is 15.8 Å². The zero-order valence-electron chi connectivity index (χ0n) is 18.3. The summed E-state index contributed by atoms with van der Waals surface area (Å²) in [6.07, 6.45) is 1.32. The van der Waals surface area contributed by atoms with Gasteiger partial charge in [0, 0.05) is 30.6 Å². The van der Waals surface area contributed by atoms with Crippen LogP contribution in [0.2, 0.25) is 0 Å². The van der Waals surface area contributed by atoms with E-state index in [0.717, 1.165) is 0 Å². The molecular weight excluding hydrogens is 444 g/mol. The first-order chi connectivity index (χ1) is 16.3. The highest BCUT2D eigenvalue weighted by atomic mass is 16.6. The summed E-state index contributed by atoms with van der Waals surface area (Å²) >= 11 is 0. The SMILES string of the molecule is CCOC(=O)C1CCCN(c2nc3c(c(=O)[nH]2)C(c2ccccc2[N+](=O)[O-])C(C#N)C(=O)N3)C1. The van der Waals surface area contributed by atoms with Crippen LogP contribution in [0.4, 0.5) is 17.5 Å². The number of ether oxygens (including phenoxy) is 1. The molecule has 2 aliphatic heterocycles. The van der Waals surface area contributed by atoms with Gasteiger partial charge in [-0.15, -0.1) is 0 Å². The number of hydrogen-bond acceptors (Lipinski definition) is 9. The molecule has 1 aromatic heterocycles. The minimum absolute atomic E-state index is 0.0249. The quantitative estimate of drug-likeness (QED) is 0.378. The van der Waals surface area contributed by atoms with Crippen molar-refractivity contribution in [1.29, 1.82) is 5.26 Å². The topological polar surface area (TPSA) is 171 Å². The monoisotopic (exact) mass is 466 g/mol. The van der Waals surface area contributed by atoms with E-state index in [1.807, 2.05) is 6.07 Å². The van der Waals surface area contributed by atoms with Gasteiger partial charge in [0.25, 0.3) is 11.2 Å². The minimum atomic E-state index is -1.36. The molecule has 0 bridgehead atoms. The van der Waals surface area contributed by atoms with E-state index in [2.05, 4.69) is 15.3 Å². The van der Waals surface area contributed by atoms with Crippen LogP contribution in [0.25, 0.3) is 0 Å². The summed E-state index contributed by atoms with van der Waals surface area (Å²) in [5.74, 6) is -3.84. The van der Waals surface area contributed by atoms with E-state index in [1.54, 1.807) is 17.9 Å². The molecule has 2 aromatic rings. The zero-order valence-corrected chi connectivity index (χ0v) is 18.3. The summed E-state index contributed by atoms with van der Waals surface area (Å²) in [5.41, 5.74) is -0.870. The fourth-order valence-electron chi connectivity index (χ4n) is 4.52. The van der Waals surface area contributed by atoms with Gasteiger partial charge in [-0.25, -0.2) is 0 Å². The average Bonchev–Trinajstić information content (AvgIpc) is 2.83. The summed E-state index contributed by atoms with van der Waals surface area (Å²) in [5, 5.41) is 23.8. The summed E-state index contributed by atoms with van der Waals surface area (Å²) in [7, 11) is 0. The lowest BCUT2D eigenvalue weighted by molar-refractivity contribution is -0.385. The highest BCUT2D eigenvalue weighted by Gasteiger charge is 2.43. The Morgan fingerprint density at radius 2 is 2.15 bits per heavy atom. The molecule has 0 spiro atoms. The maximum Gasteiger partial charge on any atom is 0.310 e. The number of aromatic nitrogens is 2. The molecule has 2 aliphatic rings. The Hall–Kier alpha value is -4.27. The molecule has 1 saturated heterocycles. The van der Waals surface area contributed by atoms with Gasteiger partial charge in [0.1, 0.15) is 11.7 Å². The van der Waals surface area contributed by atoms with E-state index in [-0.39, 0.29) is 53.6 Å². The molecule has 0 radical (unpaired) electrons. The Morgan fingerprint density at radius 3 is 2.85 bits per heavy atom. The fraction of sp³-hybridized carbons (Fsp3) is 0.409. The summed E-state index contributed by atoms with van der Waals surface area (Å²) in [4.78, 5) is 58.0. The first-order valence-corrected chi connectivity index (χ1v) is 10.8. The number of anilines is 2. The second kappa shape index (κ2) is 9.30. The number of nitro groups is 1. The lowest BCUT2D eigenvalue weighted by atomic mass is 9.78. The molecule has 4 rings (SSSR count). The van der Waals surface area contributed by atoms with Gasteiger partial charge < -0.3 is 15.0 Å². The van der Waals surface area contributed by atoms with E-state index in [1.165, 1.54) is 18.2 Å². The summed E-state index contributed by atoms with van der Waals surface area (Å²) in [6, 6.07) is 7.57. The molecular formula is C22H22N6O6. The number of esters is 1. The third kappa shape index (κ3) is 4.07. The van der Waals surface area contributed by atoms with Crippen molar-refractivity contribution in [2.75, 3.05) is 29.9 Å². The number of nitrogens with one attached hydrogen (secondary N) is 2. The number of nitrogens with zero attached hydrogens (tertiary/aromatic N) is 4. The molecule has 1 amide bonds. The van der Waals surface area contributed by atoms with Crippen LogP contribution in [0.15, 0.2) is 29.1 Å². The van der Waals surface area contributed by atoms with Crippen molar-refractivity contribution in [1.82, 2.24) is 9.97 Å². The van der Waals surface area contributed by atoms with Crippen molar-refractivity contribution in [3.63, 3.8) is 0 Å². The normalized spacial score (nSPS) is 21.7. The van der Waals surface area contributed by atoms with Crippen molar-refractivity contribution in [3.8, 4) is 6.07 Å². The summed E-state index contributed by atoms with van der Waals surface area (Å²) < 4.78 is 5.11. The zero-order chi connectivity index (χ0) is 24.4. The lowest BCUT2D eigenvalue weighted by Gasteiger charge is -2.33. The standard InChI is InChI=1S/C22H22N6O6/c1-2-34-21(31)12-6-5-9-27(11-12)22-25-18-17(20(30)26-22)16(14(10-23)19(29)24-18)13-7-3-4-8-15(13)28(32)33/h3-4,7-8,12,14,16H,2,5-6,9,11H2,1H3,(H2,24,25,26,29,30). The predicted octanol–water partition coefficient (Wildman–Crippen LogP) is 1.68. The lowest BCUT2D eigenvalue weighted by Crippen LogP contribution is -2.43. The molecule has 12 nitrogen and oxygen atoms in total. The van der Waals surface area contributed by atoms with Crippen LogP contribution in [0.1, 0.15) is 36.8 Å². The molecule has 3 unspecified atom stereocenters. The first kappa shape index (κ1) is 22.9. The van der Waals surface area contributed by atoms with Crippen molar-refractivity contribution < 1.29 is 19.2 Å². The number of amides is 1. The Balaban J connectivity index is 1.78. The maximum atomic E-state index is 13.2. The van der Waals surface area contributed by atoms with Gasteiger partial charge in [0.2, 0.25) is 11.9 Å². The van der Waals surface area contributed by atoms with Gasteiger partial charge in [-0.2, -0.15) is 10.2 Å². The fourth-order valence-corrected chi connectivity index (χ4v) is 4.52. The van der Waals surface area contributed by atoms with Crippen LogP contribution in [-0.4, -0.2) is 46.5 Å². The minimum Gasteiger partial charge on any atom is -0.466 e. The number of carbonyl (C=O) groups is 2. The van der Waals surface area contributed by atoms with Gasteiger partial charge in [0.05, 0.1) is 29.1 Å². The molecule has 2 N–H and O–H groups in total. The Kier molecular flexibility index (Phi) is 6.27. The number of fused-ring (bicyclic) bond motifs is 1. The maximum absolute atomic E-state index is 13.2. The Labute approximate surface area is 193 Å². The van der Waals surface area contributed by atoms with E-state index in [0.29, 0.717) is 19.4 Å². The van der Waals surface area contributed by atoms with Gasteiger partial charge in [-0.05, 0) is 19.8 Å². The largest absolute Gasteiger partial charge is 0.466 e. The van der Waals surface area contributed by atoms with Crippen molar-refractivity contribution >= 4 is 29.3 Å². The van der Waals surface area contributed by atoms with Crippen LogP contribution in [-0.2, 0) is 14.3 Å². The van der Waals surface area contributed by atoms with Crippen molar-refractivity contribution in [2.45, 2.75) is 25.7 Å². The number of carbonyl (C=O) groups excluding carboxylic acids is 2. The molecule has 0 saturated carbocycles. The first-order valence-electron chi connectivity index (χ1n) is 10.8. The van der Waals surface area contributed by atoms with Gasteiger partial charge in [0.15, 0.2) is 0 Å². The number of nitro benzene ring substituents is 1. The molecule has 1 fully saturated rings. The van der Waals surface area contributed by atoms with E-state index < -0.39 is 28.2 Å². The Morgan fingerprint density at radius 1 is 1.38 bits per heavy atom. The van der Waals surface area contributed by atoms with E-state index in [9.17, 15) is 29.8 Å². The molecule has 0 aliphatic carbocycles. The number of aromatic amines is 1. The molecule has 176 valence electrons. The molecule has 3 atom stereocenters. The third-order valence-corrected chi connectivity index (χ3v) is 6.06. The summed E-state index contributed by atoms with van der Waals surface area (Å²) in [6.45, 7) is 2.80. The number of para-hydroxylation sites is 1. The number of nitriles is 1.